The van der Waals surface area contributed by atoms with Crippen LogP contribution in [0.1, 0.15) is 21.6 Å². The van der Waals surface area contributed by atoms with Gasteiger partial charge < -0.3 is 14.8 Å². The summed E-state index contributed by atoms with van der Waals surface area (Å²) in [6.45, 7) is 1.96. The molecule has 0 aliphatic heterocycles. The minimum Gasteiger partial charge on any atom is -0.486 e. The Labute approximate surface area is 172 Å². The Bertz CT molecular complexity index is 1230. The van der Waals surface area contributed by atoms with Crippen molar-refractivity contribution in [2.75, 3.05) is 13.7 Å². The highest BCUT2D eigenvalue weighted by atomic mass is 16.5. The van der Waals surface area contributed by atoms with Crippen LogP contribution < -0.4 is 10.1 Å². The highest BCUT2D eigenvalue weighted by molar-refractivity contribution is 6.08. The van der Waals surface area contributed by atoms with Gasteiger partial charge in [0, 0.05) is 10.8 Å². The van der Waals surface area contributed by atoms with Crippen molar-refractivity contribution in [2.45, 2.75) is 13.5 Å². The van der Waals surface area contributed by atoms with Gasteiger partial charge in [0.1, 0.15) is 19.5 Å². The predicted molar refractivity (Wildman–Crippen MR) is 110 cm³/mol. The summed E-state index contributed by atoms with van der Waals surface area (Å²) < 4.78 is 12.2. The van der Waals surface area contributed by atoms with E-state index in [0.717, 1.165) is 21.9 Å². The Balaban J connectivity index is 1.87. The lowest BCUT2D eigenvalue weighted by atomic mass is 10.0. The molecule has 0 bridgehead atoms. The Morgan fingerprint density at radius 3 is 2.67 bits per heavy atom. The zero-order valence-electron chi connectivity index (χ0n) is 16.6. The number of benzene rings is 2. The average molecular weight is 404 g/mol. The molecule has 0 saturated carbocycles. The summed E-state index contributed by atoms with van der Waals surface area (Å²) in [5.74, 6) is -0.693. The molecule has 0 fully saturated rings. The third kappa shape index (κ3) is 3.55. The lowest BCUT2D eigenvalue weighted by Gasteiger charge is -2.17. The van der Waals surface area contributed by atoms with Gasteiger partial charge >= 0.3 is 5.97 Å². The van der Waals surface area contributed by atoms with E-state index in [0.29, 0.717) is 11.4 Å². The minimum atomic E-state index is -0.554. The maximum absolute atomic E-state index is 13.1. The number of nitrogens with one attached hydrogen (secondary N) is 1. The van der Waals surface area contributed by atoms with Crippen LogP contribution in [0.2, 0.25) is 0 Å². The van der Waals surface area contributed by atoms with E-state index in [4.69, 9.17) is 4.74 Å². The second-order valence-corrected chi connectivity index (χ2v) is 6.70. The average Bonchev–Trinajstić information content (AvgIpc) is 3.25. The molecule has 0 unspecified atom stereocenters. The number of aryl methyl sites for hydroxylation is 1. The molecule has 2 aromatic carbocycles. The molecule has 0 aliphatic rings. The molecule has 1 N–H and O–H groups in total. The predicted octanol–water partition coefficient (Wildman–Crippen LogP) is 2.67. The van der Waals surface area contributed by atoms with Crippen LogP contribution in [-0.4, -0.2) is 40.1 Å². The van der Waals surface area contributed by atoms with Crippen molar-refractivity contribution in [3.8, 4) is 5.75 Å². The molecule has 30 heavy (non-hydrogen) atoms. The fourth-order valence-corrected chi connectivity index (χ4v) is 3.34. The first kappa shape index (κ1) is 19.4. The number of carbonyl (C=O) groups is 2. The number of methoxy groups -OCH3 is 1. The molecule has 0 saturated heterocycles. The van der Waals surface area contributed by atoms with Gasteiger partial charge in [-0.05, 0) is 18.1 Å². The molecule has 0 atom stereocenters. The number of hydrogen-bond acceptors (Lipinski definition) is 6. The van der Waals surface area contributed by atoms with Crippen LogP contribution in [0.5, 0.6) is 5.75 Å². The normalized spacial score (nSPS) is 10.9. The first-order valence-corrected chi connectivity index (χ1v) is 9.37. The smallest absolute Gasteiger partial charge is 0.325 e. The molecule has 4 rings (SSSR count). The van der Waals surface area contributed by atoms with Gasteiger partial charge in [0.2, 0.25) is 0 Å². The molecule has 152 valence electrons. The second kappa shape index (κ2) is 8.20. The molecule has 0 aliphatic carbocycles. The van der Waals surface area contributed by atoms with Gasteiger partial charge in [0.05, 0.1) is 7.11 Å². The number of carbonyl (C=O) groups excluding carboxylic acids is 2. The standard InChI is InChI=1S/C22H20N4O4/c1-14-7-6-10-16-18(14)21-24-13-25-26(21)19(22(28)23-11-17(27)29-2)20(16)30-12-15-8-4-3-5-9-15/h3-10,13H,11-12H2,1-2H3,(H,23,28). The topological polar surface area (TPSA) is 94.8 Å². The summed E-state index contributed by atoms with van der Waals surface area (Å²) >= 11 is 0. The Kier molecular flexibility index (Phi) is 5.30. The number of amides is 1. The van der Waals surface area contributed by atoms with E-state index in [-0.39, 0.29) is 18.8 Å². The second-order valence-electron chi connectivity index (χ2n) is 6.70. The summed E-state index contributed by atoms with van der Waals surface area (Å²) in [7, 11) is 1.26. The number of rotatable bonds is 6. The van der Waals surface area contributed by atoms with Gasteiger partial charge in [-0.15, -0.1) is 0 Å². The highest BCUT2D eigenvalue weighted by Crippen LogP contribution is 2.34. The van der Waals surface area contributed by atoms with Crippen molar-refractivity contribution in [3.05, 3.63) is 71.7 Å². The van der Waals surface area contributed by atoms with Gasteiger partial charge in [-0.25, -0.2) is 9.50 Å². The number of pyridine rings is 1. The summed E-state index contributed by atoms with van der Waals surface area (Å²) in [6, 6.07) is 15.4. The number of nitrogens with zero attached hydrogens (tertiary/aromatic N) is 3. The number of ether oxygens (including phenoxy) is 2. The monoisotopic (exact) mass is 404 g/mol. The van der Waals surface area contributed by atoms with Gasteiger partial charge in [-0.3, -0.25) is 9.59 Å². The van der Waals surface area contributed by atoms with Crippen LogP contribution in [0.25, 0.3) is 16.4 Å². The van der Waals surface area contributed by atoms with Gasteiger partial charge in [0.15, 0.2) is 17.1 Å². The number of esters is 1. The van der Waals surface area contributed by atoms with Crippen LogP contribution >= 0.6 is 0 Å². The maximum Gasteiger partial charge on any atom is 0.325 e. The van der Waals surface area contributed by atoms with E-state index in [9.17, 15) is 9.59 Å². The first-order chi connectivity index (χ1) is 14.6. The molecular weight excluding hydrogens is 384 g/mol. The Hall–Kier alpha value is -3.94. The SMILES string of the molecule is COC(=O)CNC(=O)c1c(OCc2ccccc2)c2cccc(C)c2c2ncnn12. The molecule has 2 aromatic heterocycles. The van der Waals surface area contributed by atoms with Gasteiger partial charge in [-0.2, -0.15) is 5.10 Å². The van der Waals surface area contributed by atoms with Gasteiger partial charge in [-0.1, -0.05) is 48.5 Å². The fourth-order valence-electron chi connectivity index (χ4n) is 3.34. The van der Waals surface area contributed by atoms with Crippen LogP contribution in [0, 0.1) is 6.92 Å². The van der Waals surface area contributed by atoms with Crippen molar-refractivity contribution in [2.24, 2.45) is 0 Å². The quantitative estimate of drug-likeness (QED) is 0.497. The zero-order chi connectivity index (χ0) is 21.1. The lowest BCUT2D eigenvalue weighted by molar-refractivity contribution is -0.139. The van der Waals surface area contributed by atoms with Crippen molar-refractivity contribution in [1.29, 1.82) is 0 Å². The minimum absolute atomic E-state index is 0.167. The third-order valence-electron chi connectivity index (χ3n) is 4.78. The van der Waals surface area contributed by atoms with E-state index >= 15 is 0 Å². The molecule has 0 spiro atoms. The highest BCUT2D eigenvalue weighted by Gasteiger charge is 2.24. The van der Waals surface area contributed by atoms with Crippen molar-refractivity contribution in [3.63, 3.8) is 0 Å². The van der Waals surface area contributed by atoms with Gasteiger partial charge in [0.25, 0.3) is 5.91 Å². The van der Waals surface area contributed by atoms with Crippen LogP contribution in [0.3, 0.4) is 0 Å². The molecule has 8 heteroatoms. The number of aromatic nitrogens is 3. The van der Waals surface area contributed by atoms with E-state index in [1.54, 1.807) is 0 Å². The Morgan fingerprint density at radius 1 is 1.10 bits per heavy atom. The first-order valence-electron chi connectivity index (χ1n) is 9.37. The van der Waals surface area contributed by atoms with Crippen molar-refractivity contribution < 1.29 is 19.1 Å². The fraction of sp³-hybridized carbons (Fsp3) is 0.182. The number of hydrogen-bond donors (Lipinski definition) is 1. The molecule has 2 heterocycles. The lowest BCUT2D eigenvalue weighted by Crippen LogP contribution is -2.32. The largest absolute Gasteiger partial charge is 0.486 e. The summed E-state index contributed by atoms with van der Waals surface area (Å²) in [5.41, 5.74) is 2.65. The van der Waals surface area contributed by atoms with E-state index < -0.39 is 11.9 Å². The molecule has 8 nitrogen and oxygen atoms in total. The number of fused-ring (bicyclic) bond motifs is 3. The summed E-state index contributed by atoms with van der Waals surface area (Å²) in [4.78, 5) is 28.9. The van der Waals surface area contributed by atoms with E-state index in [2.05, 4.69) is 20.1 Å². The van der Waals surface area contributed by atoms with E-state index in [1.165, 1.54) is 18.0 Å². The Morgan fingerprint density at radius 2 is 1.90 bits per heavy atom. The molecule has 0 radical (unpaired) electrons. The van der Waals surface area contributed by atoms with Crippen molar-refractivity contribution >= 4 is 28.3 Å². The van der Waals surface area contributed by atoms with Crippen LogP contribution in [0.4, 0.5) is 0 Å². The van der Waals surface area contributed by atoms with Crippen molar-refractivity contribution in [1.82, 2.24) is 19.9 Å². The summed E-state index contributed by atoms with van der Waals surface area (Å²) in [5, 5.41) is 8.40. The molecular formula is C22H20N4O4. The maximum atomic E-state index is 13.1. The van der Waals surface area contributed by atoms with Crippen LogP contribution in [-0.2, 0) is 16.1 Å². The summed E-state index contributed by atoms with van der Waals surface area (Å²) in [6.07, 6.45) is 1.39. The third-order valence-corrected chi connectivity index (χ3v) is 4.78. The zero-order valence-corrected chi connectivity index (χ0v) is 16.6. The molecule has 1 amide bonds. The molecule has 4 aromatic rings. The van der Waals surface area contributed by atoms with Crippen LogP contribution in [0.15, 0.2) is 54.9 Å². The van der Waals surface area contributed by atoms with E-state index in [1.807, 2.05) is 55.5 Å².